The number of furan rings is 1. The first-order valence-corrected chi connectivity index (χ1v) is 7.11. The van der Waals surface area contributed by atoms with Crippen LogP contribution in [0.3, 0.4) is 0 Å². The van der Waals surface area contributed by atoms with Gasteiger partial charge in [0.25, 0.3) is 0 Å². The van der Waals surface area contributed by atoms with E-state index in [2.05, 4.69) is 5.32 Å². The summed E-state index contributed by atoms with van der Waals surface area (Å²) in [7, 11) is 0. The fraction of sp³-hybridized carbons (Fsp3) is 0.267. The molecule has 0 aliphatic carbocycles. The maximum atomic E-state index is 11.9. The zero-order chi connectivity index (χ0) is 15.5. The van der Waals surface area contributed by atoms with E-state index in [1.54, 1.807) is 37.3 Å². The van der Waals surface area contributed by atoms with E-state index in [1.807, 2.05) is 0 Å². The molecule has 1 atom stereocenters. The van der Waals surface area contributed by atoms with Crippen LogP contribution in [0, 0.1) is 0 Å². The van der Waals surface area contributed by atoms with Gasteiger partial charge in [-0.1, -0.05) is 29.3 Å². The molecule has 1 aromatic carbocycles. The van der Waals surface area contributed by atoms with Gasteiger partial charge < -0.3 is 14.8 Å². The largest absolute Gasteiger partial charge is 0.466 e. The third kappa shape index (κ3) is 4.24. The van der Waals surface area contributed by atoms with Crippen molar-refractivity contribution in [1.29, 1.82) is 0 Å². The number of amides is 1. The Morgan fingerprint density at radius 3 is 2.76 bits per heavy atom. The molecule has 0 aliphatic rings. The van der Waals surface area contributed by atoms with E-state index in [4.69, 9.17) is 27.6 Å². The number of benzene rings is 1. The predicted octanol–water partition coefficient (Wildman–Crippen LogP) is 3.15. The monoisotopic (exact) mass is 327 g/mol. The highest BCUT2D eigenvalue weighted by Gasteiger charge is 2.26. The highest BCUT2D eigenvalue weighted by atomic mass is 35.5. The van der Waals surface area contributed by atoms with Crippen LogP contribution in [-0.4, -0.2) is 17.6 Å². The molecule has 0 saturated carbocycles. The van der Waals surface area contributed by atoms with Gasteiger partial charge in [-0.15, -0.1) is 0 Å². The Labute approximate surface area is 132 Å². The van der Waals surface area contributed by atoms with Gasteiger partial charge in [0.1, 0.15) is 11.4 Å². The summed E-state index contributed by atoms with van der Waals surface area (Å²) in [5.74, 6) is 0.151. The molecule has 2 aromatic rings. The smallest absolute Gasteiger partial charge is 0.224 e. The van der Waals surface area contributed by atoms with Crippen molar-refractivity contribution in [2.45, 2.75) is 18.9 Å². The fourth-order valence-corrected chi connectivity index (χ4v) is 2.32. The number of aliphatic hydroxyl groups is 1. The lowest BCUT2D eigenvalue weighted by atomic mass is 10.0. The molecule has 0 bridgehead atoms. The summed E-state index contributed by atoms with van der Waals surface area (Å²) in [5, 5.41) is 13.8. The van der Waals surface area contributed by atoms with Crippen LogP contribution in [0.25, 0.3) is 0 Å². The van der Waals surface area contributed by atoms with Gasteiger partial charge in [0.2, 0.25) is 5.91 Å². The number of hydrogen-bond donors (Lipinski definition) is 2. The first-order chi connectivity index (χ1) is 9.88. The molecule has 4 nitrogen and oxygen atoms in total. The number of hydrogen-bond acceptors (Lipinski definition) is 3. The quantitative estimate of drug-likeness (QED) is 0.886. The second-order valence-electron chi connectivity index (χ2n) is 4.94. The second kappa shape index (κ2) is 6.52. The predicted molar refractivity (Wildman–Crippen MR) is 81.5 cm³/mol. The Kier molecular flexibility index (Phi) is 4.93. The van der Waals surface area contributed by atoms with Gasteiger partial charge in [-0.3, -0.25) is 4.79 Å². The number of carbonyl (C=O) groups excluding carboxylic acids is 1. The molecular weight excluding hydrogens is 313 g/mol. The van der Waals surface area contributed by atoms with Gasteiger partial charge in [0, 0.05) is 10.0 Å². The van der Waals surface area contributed by atoms with Crippen LogP contribution in [0.1, 0.15) is 18.2 Å². The second-order valence-corrected chi connectivity index (χ2v) is 5.78. The molecule has 0 spiro atoms. The van der Waals surface area contributed by atoms with Crippen LogP contribution in [0.15, 0.2) is 41.0 Å². The number of carbonyl (C=O) groups is 1. The molecule has 0 aliphatic heterocycles. The standard InChI is InChI=1S/C15H15Cl2NO3/c1-15(20,13-3-2-6-21-13)9-18-14(19)7-10-4-5-11(16)8-12(10)17/h2-6,8,20H,7,9H2,1H3,(H,18,19). The van der Waals surface area contributed by atoms with E-state index in [0.29, 0.717) is 21.4 Å². The highest BCUT2D eigenvalue weighted by Crippen LogP contribution is 2.22. The highest BCUT2D eigenvalue weighted by molar-refractivity contribution is 6.35. The first-order valence-electron chi connectivity index (χ1n) is 6.35. The number of rotatable bonds is 5. The van der Waals surface area contributed by atoms with E-state index in [0.717, 1.165) is 0 Å². The molecule has 1 amide bonds. The van der Waals surface area contributed by atoms with Crippen LogP contribution in [0.5, 0.6) is 0 Å². The first kappa shape index (κ1) is 15.9. The molecular formula is C15H15Cl2NO3. The molecule has 112 valence electrons. The molecule has 6 heteroatoms. The summed E-state index contributed by atoms with van der Waals surface area (Å²) in [6.45, 7) is 1.62. The van der Waals surface area contributed by atoms with Crippen LogP contribution in [-0.2, 0) is 16.8 Å². The summed E-state index contributed by atoms with van der Waals surface area (Å²) < 4.78 is 5.14. The van der Waals surface area contributed by atoms with Gasteiger partial charge in [0.15, 0.2) is 0 Å². The van der Waals surface area contributed by atoms with Crippen molar-refractivity contribution in [2.24, 2.45) is 0 Å². The topological polar surface area (TPSA) is 62.5 Å². The van der Waals surface area contributed by atoms with Crippen LogP contribution >= 0.6 is 23.2 Å². The molecule has 0 radical (unpaired) electrons. The summed E-state index contributed by atoms with van der Waals surface area (Å²) in [5.41, 5.74) is -0.584. The Bertz CT molecular complexity index is 624. The van der Waals surface area contributed by atoms with Crippen molar-refractivity contribution >= 4 is 29.1 Å². The summed E-state index contributed by atoms with van der Waals surface area (Å²) in [4.78, 5) is 11.9. The number of halogens is 2. The zero-order valence-corrected chi connectivity index (χ0v) is 12.9. The van der Waals surface area contributed by atoms with E-state index >= 15 is 0 Å². The molecule has 1 aromatic heterocycles. The van der Waals surface area contributed by atoms with E-state index < -0.39 is 5.60 Å². The molecule has 2 N–H and O–H groups in total. The van der Waals surface area contributed by atoms with Gasteiger partial charge in [-0.2, -0.15) is 0 Å². The SMILES string of the molecule is CC(O)(CNC(=O)Cc1ccc(Cl)cc1Cl)c1ccco1. The molecule has 1 heterocycles. The Morgan fingerprint density at radius 1 is 1.38 bits per heavy atom. The average molecular weight is 328 g/mol. The summed E-state index contributed by atoms with van der Waals surface area (Å²) in [6.07, 6.45) is 1.59. The van der Waals surface area contributed by atoms with Crippen molar-refractivity contribution in [3.8, 4) is 0 Å². The van der Waals surface area contributed by atoms with Crippen LogP contribution < -0.4 is 5.32 Å². The van der Waals surface area contributed by atoms with E-state index in [9.17, 15) is 9.90 Å². The lowest BCUT2D eigenvalue weighted by Crippen LogP contribution is -2.39. The van der Waals surface area contributed by atoms with E-state index in [-0.39, 0.29) is 18.9 Å². The van der Waals surface area contributed by atoms with Crippen LogP contribution in [0.2, 0.25) is 10.0 Å². The minimum Gasteiger partial charge on any atom is -0.466 e. The van der Waals surface area contributed by atoms with Gasteiger partial charge in [0.05, 0.1) is 19.2 Å². The third-order valence-corrected chi connectivity index (χ3v) is 3.63. The van der Waals surface area contributed by atoms with Crippen molar-refractivity contribution in [3.05, 3.63) is 58.0 Å². The molecule has 2 rings (SSSR count). The minimum atomic E-state index is -1.26. The lowest BCUT2D eigenvalue weighted by molar-refractivity contribution is -0.121. The molecule has 1 unspecified atom stereocenters. The lowest BCUT2D eigenvalue weighted by Gasteiger charge is -2.21. The molecule has 21 heavy (non-hydrogen) atoms. The molecule has 0 saturated heterocycles. The zero-order valence-electron chi connectivity index (χ0n) is 11.4. The van der Waals surface area contributed by atoms with Crippen molar-refractivity contribution in [2.75, 3.05) is 6.54 Å². The minimum absolute atomic E-state index is 0.0462. The normalized spacial score (nSPS) is 13.7. The summed E-state index contributed by atoms with van der Waals surface area (Å²) >= 11 is 11.8. The molecule has 0 fully saturated rings. The average Bonchev–Trinajstić information content (AvgIpc) is 2.95. The van der Waals surface area contributed by atoms with Gasteiger partial charge in [-0.05, 0) is 36.8 Å². The summed E-state index contributed by atoms with van der Waals surface area (Å²) in [6, 6.07) is 8.30. The van der Waals surface area contributed by atoms with Gasteiger partial charge >= 0.3 is 0 Å². The maximum absolute atomic E-state index is 11.9. The van der Waals surface area contributed by atoms with Crippen molar-refractivity contribution in [3.63, 3.8) is 0 Å². The van der Waals surface area contributed by atoms with Crippen molar-refractivity contribution < 1.29 is 14.3 Å². The fourth-order valence-electron chi connectivity index (χ4n) is 1.84. The third-order valence-electron chi connectivity index (χ3n) is 3.05. The van der Waals surface area contributed by atoms with Crippen LogP contribution in [0.4, 0.5) is 0 Å². The Morgan fingerprint density at radius 2 is 2.14 bits per heavy atom. The van der Waals surface area contributed by atoms with E-state index in [1.165, 1.54) is 6.26 Å². The Hall–Kier alpha value is -1.49. The van der Waals surface area contributed by atoms with Gasteiger partial charge in [-0.25, -0.2) is 0 Å². The maximum Gasteiger partial charge on any atom is 0.224 e. The van der Waals surface area contributed by atoms with Crippen molar-refractivity contribution in [1.82, 2.24) is 5.32 Å². The number of nitrogens with one attached hydrogen (secondary N) is 1. The Balaban J connectivity index is 1.93.